The number of nitrogens with zero attached hydrogens (tertiary/aromatic N) is 2. The Morgan fingerprint density at radius 2 is 1.81 bits per heavy atom. The number of sulfonamides is 1. The molecule has 0 radical (unpaired) electrons. The minimum absolute atomic E-state index is 0.0137. The third-order valence-corrected chi connectivity index (χ3v) is 4.88. The Hall–Kier alpha value is -1.44. The highest BCUT2D eigenvalue weighted by Gasteiger charge is 2.25. The summed E-state index contributed by atoms with van der Waals surface area (Å²) >= 11 is 0. The van der Waals surface area contributed by atoms with Crippen LogP contribution < -0.4 is 4.74 Å². The van der Waals surface area contributed by atoms with Crippen LogP contribution in [0.5, 0.6) is 5.75 Å². The van der Waals surface area contributed by atoms with E-state index in [1.54, 1.807) is 18.2 Å². The highest BCUT2D eigenvalue weighted by atomic mass is 32.2. The Kier molecular flexibility index (Phi) is 4.97. The van der Waals surface area contributed by atoms with Crippen LogP contribution in [0.15, 0.2) is 24.3 Å². The molecule has 1 aromatic rings. The Labute approximate surface area is 125 Å². The van der Waals surface area contributed by atoms with Crippen molar-refractivity contribution < 1.29 is 17.9 Å². The van der Waals surface area contributed by atoms with E-state index in [2.05, 4.69) is 0 Å². The summed E-state index contributed by atoms with van der Waals surface area (Å²) < 4.78 is 29.5. The molecule has 0 aromatic heterocycles. The largest absolute Gasteiger partial charge is 0.496 e. The molecule has 1 aliphatic heterocycles. The van der Waals surface area contributed by atoms with Crippen LogP contribution in [0.1, 0.15) is 10.4 Å². The van der Waals surface area contributed by atoms with Crippen molar-refractivity contribution in [2.75, 3.05) is 46.1 Å². The summed E-state index contributed by atoms with van der Waals surface area (Å²) in [7, 11) is -1.60. The van der Waals surface area contributed by atoms with E-state index in [0.717, 1.165) is 0 Å². The maximum absolute atomic E-state index is 12.3. The molecule has 0 aliphatic carbocycles. The van der Waals surface area contributed by atoms with Gasteiger partial charge in [-0.2, -0.15) is 4.31 Å². The first kappa shape index (κ1) is 15.9. The predicted octanol–water partition coefficient (Wildman–Crippen LogP) is 0.455. The number of ketones is 1. The van der Waals surface area contributed by atoms with Crippen LogP contribution in [0.2, 0.25) is 0 Å². The first-order chi connectivity index (χ1) is 9.91. The van der Waals surface area contributed by atoms with E-state index >= 15 is 0 Å². The number of carbonyl (C=O) groups excluding carboxylic acids is 1. The first-order valence-corrected chi connectivity index (χ1v) is 8.60. The fourth-order valence-electron chi connectivity index (χ4n) is 2.38. The quantitative estimate of drug-likeness (QED) is 0.739. The van der Waals surface area contributed by atoms with Gasteiger partial charge < -0.3 is 4.74 Å². The van der Waals surface area contributed by atoms with Crippen molar-refractivity contribution in [2.24, 2.45) is 0 Å². The summed E-state index contributed by atoms with van der Waals surface area (Å²) in [5.41, 5.74) is 0.561. The number of Topliss-reactive ketones (excluding diaryl/α,β-unsaturated/α-hetero) is 1. The Balaban J connectivity index is 1.96. The molecule has 1 fully saturated rings. The van der Waals surface area contributed by atoms with Crippen molar-refractivity contribution in [1.82, 2.24) is 9.21 Å². The third kappa shape index (κ3) is 4.03. The van der Waals surface area contributed by atoms with Gasteiger partial charge in [-0.1, -0.05) is 12.1 Å². The molecular formula is C14H20N2O4S. The first-order valence-electron chi connectivity index (χ1n) is 6.75. The second-order valence-corrected chi connectivity index (χ2v) is 7.04. The SMILES string of the molecule is COc1ccccc1C(=O)CN1CCN(S(C)(=O)=O)CC1. The van der Waals surface area contributed by atoms with Gasteiger partial charge in [-0.3, -0.25) is 9.69 Å². The highest BCUT2D eigenvalue weighted by molar-refractivity contribution is 7.88. The lowest BCUT2D eigenvalue weighted by Crippen LogP contribution is -2.49. The van der Waals surface area contributed by atoms with E-state index in [1.807, 2.05) is 11.0 Å². The molecule has 0 bridgehead atoms. The summed E-state index contributed by atoms with van der Waals surface area (Å²) in [5, 5.41) is 0. The molecule has 2 rings (SSSR count). The second-order valence-electron chi connectivity index (χ2n) is 5.06. The topological polar surface area (TPSA) is 66.9 Å². The molecule has 7 heteroatoms. The summed E-state index contributed by atoms with van der Waals surface area (Å²) in [6.45, 7) is 2.26. The van der Waals surface area contributed by atoms with Crippen LogP contribution in [0.3, 0.4) is 0 Å². The van der Waals surface area contributed by atoms with Gasteiger partial charge in [0.1, 0.15) is 5.75 Å². The number of para-hydroxylation sites is 1. The molecule has 0 N–H and O–H groups in total. The number of carbonyl (C=O) groups is 1. The standard InChI is InChI=1S/C14H20N2O4S/c1-20-14-6-4-3-5-12(14)13(17)11-15-7-9-16(10-8-15)21(2,18)19/h3-6H,7-11H2,1-2H3. The van der Waals surface area contributed by atoms with Crippen LogP contribution >= 0.6 is 0 Å². The number of rotatable bonds is 5. The molecule has 21 heavy (non-hydrogen) atoms. The van der Waals surface area contributed by atoms with Gasteiger partial charge in [0.15, 0.2) is 5.78 Å². The van der Waals surface area contributed by atoms with Crippen molar-refractivity contribution in [3.63, 3.8) is 0 Å². The van der Waals surface area contributed by atoms with Gasteiger partial charge in [-0.15, -0.1) is 0 Å². The molecule has 6 nitrogen and oxygen atoms in total. The zero-order chi connectivity index (χ0) is 15.5. The van der Waals surface area contributed by atoms with E-state index in [1.165, 1.54) is 17.7 Å². The lowest BCUT2D eigenvalue weighted by Gasteiger charge is -2.32. The maximum atomic E-state index is 12.3. The van der Waals surface area contributed by atoms with Crippen molar-refractivity contribution in [3.8, 4) is 5.75 Å². The van der Waals surface area contributed by atoms with Crippen molar-refractivity contribution in [2.45, 2.75) is 0 Å². The average molecular weight is 312 g/mol. The molecule has 0 amide bonds. The molecule has 1 aromatic carbocycles. The number of ether oxygens (including phenoxy) is 1. The lowest BCUT2D eigenvalue weighted by atomic mass is 10.1. The highest BCUT2D eigenvalue weighted by Crippen LogP contribution is 2.18. The number of hydrogen-bond donors (Lipinski definition) is 0. The number of hydrogen-bond acceptors (Lipinski definition) is 5. The number of piperazine rings is 1. The maximum Gasteiger partial charge on any atom is 0.211 e. The van der Waals surface area contributed by atoms with Crippen molar-refractivity contribution in [1.29, 1.82) is 0 Å². The average Bonchev–Trinajstić information content (AvgIpc) is 2.46. The number of benzene rings is 1. The fourth-order valence-corrected chi connectivity index (χ4v) is 3.21. The molecular weight excluding hydrogens is 292 g/mol. The van der Waals surface area contributed by atoms with Crippen molar-refractivity contribution >= 4 is 15.8 Å². The monoisotopic (exact) mass is 312 g/mol. The van der Waals surface area contributed by atoms with Gasteiger partial charge in [-0.05, 0) is 12.1 Å². The summed E-state index contributed by atoms with van der Waals surface area (Å²) in [6.07, 6.45) is 1.21. The van der Waals surface area contributed by atoms with E-state index in [4.69, 9.17) is 4.74 Å². The second kappa shape index (κ2) is 6.55. The predicted molar refractivity (Wildman–Crippen MR) is 80.2 cm³/mol. The summed E-state index contributed by atoms with van der Waals surface area (Å²) in [4.78, 5) is 14.3. The van der Waals surface area contributed by atoms with Crippen LogP contribution in [0, 0.1) is 0 Å². The molecule has 1 heterocycles. The van der Waals surface area contributed by atoms with Gasteiger partial charge >= 0.3 is 0 Å². The lowest BCUT2D eigenvalue weighted by molar-refractivity contribution is 0.0899. The van der Waals surface area contributed by atoms with E-state index < -0.39 is 10.0 Å². The Bertz CT molecular complexity index is 607. The smallest absolute Gasteiger partial charge is 0.211 e. The van der Waals surface area contributed by atoms with Crippen LogP contribution in [0.4, 0.5) is 0 Å². The van der Waals surface area contributed by atoms with Gasteiger partial charge in [0, 0.05) is 26.2 Å². The number of methoxy groups -OCH3 is 1. The van der Waals surface area contributed by atoms with Crippen LogP contribution in [-0.2, 0) is 10.0 Å². The van der Waals surface area contributed by atoms with Gasteiger partial charge in [0.05, 0.1) is 25.5 Å². The zero-order valence-electron chi connectivity index (χ0n) is 12.3. The van der Waals surface area contributed by atoms with Gasteiger partial charge in [0.25, 0.3) is 0 Å². The van der Waals surface area contributed by atoms with E-state index in [-0.39, 0.29) is 12.3 Å². The van der Waals surface area contributed by atoms with E-state index in [0.29, 0.717) is 37.5 Å². The van der Waals surface area contributed by atoms with Gasteiger partial charge in [-0.25, -0.2) is 8.42 Å². The molecule has 0 saturated carbocycles. The molecule has 116 valence electrons. The molecule has 0 spiro atoms. The molecule has 1 saturated heterocycles. The van der Waals surface area contributed by atoms with Gasteiger partial charge in [0.2, 0.25) is 10.0 Å². The van der Waals surface area contributed by atoms with E-state index in [9.17, 15) is 13.2 Å². The van der Waals surface area contributed by atoms with Crippen molar-refractivity contribution in [3.05, 3.63) is 29.8 Å². The summed E-state index contributed by atoms with van der Waals surface area (Å²) in [5.74, 6) is 0.553. The molecule has 0 atom stereocenters. The normalized spacial score (nSPS) is 17.6. The Morgan fingerprint density at radius 3 is 2.38 bits per heavy atom. The fraction of sp³-hybridized carbons (Fsp3) is 0.500. The minimum Gasteiger partial charge on any atom is -0.496 e. The van der Waals surface area contributed by atoms with Crippen LogP contribution in [-0.4, -0.2) is 69.5 Å². The molecule has 0 unspecified atom stereocenters. The summed E-state index contributed by atoms with van der Waals surface area (Å²) in [6, 6.07) is 7.13. The molecule has 1 aliphatic rings. The Morgan fingerprint density at radius 1 is 1.19 bits per heavy atom. The zero-order valence-corrected chi connectivity index (χ0v) is 13.1. The minimum atomic E-state index is -3.14. The third-order valence-electron chi connectivity index (χ3n) is 3.57. The van der Waals surface area contributed by atoms with Crippen LogP contribution in [0.25, 0.3) is 0 Å².